The molecule has 0 bridgehead atoms. The highest BCUT2D eigenvalue weighted by Gasteiger charge is 2.34. The lowest BCUT2D eigenvalue weighted by molar-refractivity contribution is -0.118. The molecule has 31 heavy (non-hydrogen) atoms. The molecule has 1 atom stereocenters. The van der Waals surface area contributed by atoms with E-state index >= 15 is 0 Å². The molecule has 1 fully saturated rings. The van der Waals surface area contributed by atoms with E-state index in [9.17, 15) is 14.4 Å². The fraction of sp³-hybridized carbons (Fsp3) is 0.120. The average molecular weight is 411 g/mol. The first kappa shape index (κ1) is 20.2. The van der Waals surface area contributed by atoms with Gasteiger partial charge in [-0.3, -0.25) is 19.4 Å². The number of primary amides is 1. The molecule has 1 unspecified atom stereocenters. The van der Waals surface area contributed by atoms with Crippen molar-refractivity contribution in [3.8, 4) is 0 Å². The van der Waals surface area contributed by atoms with Crippen LogP contribution in [0.3, 0.4) is 0 Å². The van der Waals surface area contributed by atoms with E-state index in [1.54, 1.807) is 29.3 Å². The molecule has 1 aliphatic rings. The lowest BCUT2D eigenvalue weighted by atomic mass is 9.85. The molecule has 6 heteroatoms. The highest BCUT2D eigenvalue weighted by molar-refractivity contribution is 6.07. The van der Waals surface area contributed by atoms with Crippen molar-refractivity contribution in [1.82, 2.24) is 9.88 Å². The molecule has 0 saturated carbocycles. The third-order valence-electron chi connectivity index (χ3n) is 5.31. The van der Waals surface area contributed by atoms with E-state index < -0.39 is 11.8 Å². The highest BCUT2D eigenvalue weighted by atomic mass is 16.2. The number of nitrogens with zero attached hydrogens (tertiary/aromatic N) is 2. The van der Waals surface area contributed by atoms with E-state index in [-0.39, 0.29) is 24.8 Å². The number of carbonyl (C=O) groups is 3. The molecule has 1 aromatic heterocycles. The van der Waals surface area contributed by atoms with Crippen molar-refractivity contribution in [2.75, 3.05) is 13.1 Å². The van der Waals surface area contributed by atoms with Gasteiger partial charge in [-0.2, -0.15) is 0 Å². The van der Waals surface area contributed by atoms with Crippen LogP contribution in [-0.4, -0.2) is 40.6 Å². The van der Waals surface area contributed by atoms with Gasteiger partial charge < -0.3 is 10.6 Å². The number of rotatable bonds is 4. The van der Waals surface area contributed by atoms with E-state index in [4.69, 9.17) is 5.73 Å². The Morgan fingerprint density at radius 3 is 2.26 bits per heavy atom. The summed E-state index contributed by atoms with van der Waals surface area (Å²) in [6, 6.07) is 21.2. The van der Waals surface area contributed by atoms with Crippen LogP contribution in [-0.2, 0) is 4.79 Å². The summed E-state index contributed by atoms with van der Waals surface area (Å²) in [5.41, 5.74) is 8.11. The molecule has 2 heterocycles. The van der Waals surface area contributed by atoms with Crippen molar-refractivity contribution in [2.45, 2.75) is 5.92 Å². The minimum absolute atomic E-state index is 0.00928. The molecule has 0 aliphatic carbocycles. The predicted octanol–water partition coefficient (Wildman–Crippen LogP) is 3.07. The van der Waals surface area contributed by atoms with Crippen molar-refractivity contribution in [3.63, 3.8) is 0 Å². The Bertz CT molecular complexity index is 1140. The second-order valence-electron chi connectivity index (χ2n) is 7.38. The first-order chi connectivity index (χ1) is 15.0. The topological polar surface area (TPSA) is 93.4 Å². The summed E-state index contributed by atoms with van der Waals surface area (Å²) in [4.78, 5) is 43.7. The Kier molecular flexibility index (Phi) is 5.71. The van der Waals surface area contributed by atoms with E-state index in [1.807, 2.05) is 48.5 Å². The number of hydrogen-bond donors (Lipinski definition) is 1. The fourth-order valence-electron chi connectivity index (χ4n) is 3.69. The van der Waals surface area contributed by atoms with Crippen LogP contribution in [0.25, 0.3) is 6.08 Å². The summed E-state index contributed by atoms with van der Waals surface area (Å²) >= 11 is 0. The van der Waals surface area contributed by atoms with Crippen molar-refractivity contribution in [3.05, 3.63) is 107 Å². The standard InChI is InChI=1S/C25H21N3O3/c26-24(30)18-9-11-19(12-10-18)25(31)28-15-20(14-21-8-4-5-13-27-21)23(29)22(16-28)17-6-2-1-3-7-17/h1-14,22H,15-16H2,(H2,26,30)/b20-14-. The summed E-state index contributed by atoms with van der Waals surface area (Å²) < 4.78 is 0. The number of ketones is 1. The smallest absolute Gasteiger partial charge is 0.254 e. The summed E-state index contributed by atoms with van der Waals surface area (Å²) in [5, 5.41) is 0. The number of likely N-dealkylation sites (tertiary alicyclic amines) is 1. The Hall–Kier alpha value is -4.06. The maximum absolute atomic E-state index is 13.3. The lowest BCUT2D eigenvalue weighted by Gasteiger charge is -2.34. The number of pyridine rings is 1. The monoisotopic (exact) mass is 411 g/mol. The summed E-state index contributed by atoms with van der Waals surface area (Å²) in [5.74, 6) is -1.23. The molecule has 2 N–H and O–H groups in total. The van der Waals surface area contributed by atoms with Crippen LogP contribution in [0.2, 0.25) is 0 Å². The maximum Gasteiger partial charge on any atom is 0.254 e. The maximum atomic E-state index is 13.3. The number of piperidine rings is 1. The van der Waals surface area contributed by atoms with Gasteiger partial charge in [0.2, 0.25) is 5.91 Å². The van der Waals surface area contributed by atoms with Crippen LogP contribution < -0.4 is 5.73 Å². The molecular weight excluding hydrogens is 390 g/mol. The van der Waals surface area contributed by atoms with Crippen LogP contribution in [0.4, 0.5) is 0 Å². The van der Waals surface area contributed by atoms with Gasteiger partial charge in [-0.15, -0.1) is 0 Å². The Labute approximate surface area is 180 Å². The second-order valence-corrected chi connectivity index (χ2v) is 7.38. The molecule has 154 valence electrons. The third kappa shape index (κ3) is 4.43. The molecule has 1 saturated heterocycles. The third-order valence-corrected chi connectivity index (χ3v) is 5.31. The SMILES string of the molecule is NC(=O)c1ccc(C(=O)N2C/C(=C/c3ccccn3)C(=O)C(c3ccccc3)C2)cc1. The van der Waals surface area contributed by atoms with Gasteiger partial charge in [-0.1, -0.05) is 36.4 Å². The molecule has 0 radical (unpaired) electrons. The van der Waals surface area contributed by atoms with Gasteiger partial charge in [0.05, 0.1) is 11.6 Å². The van der Waals surface area contributed by atoms with Crippen molar-refractivity contribution >= 4 is 23.7 Å². The number of hydrogen-bond acceptors (Lipinski definition) is 4. The van der Waals surface area contributed by atoms with Crippen LogP contribution in [0.15, 0.2) is 84.6 Å². The number of nitrogens with two attached hydrogens (primary N) is 1. The molecule has 4 rings (SSSR count). The Morgan fingerprint density at radius 2 is 1.61 bits per heavy atom. The van der Waals surface area contributed by atoms with Crippen LogP contribution in [0, 0.1) is 0 Å². The van der Waals surface area contributed by atoms with E-state index in [1.165, 1.54) is 12.1 Å². The fourth-order valence-corrected chi connectivity index (χ4v) is 3.69. The first-order valence-corrected chi connectivity index (χ1v) is 9.93. The molecule has 2 aromatic carbocycles. The van der Waals surface area contributed by atoms with E-state index in [0.717, 1.165) is 5.56 Å². The van der Waals surface area contributed by atoms with Gasteiger partial charge in [-0.05, 0) is 48.0 Å². The minimum Gasteiger partial charge on any atom is -0.366 e. The zero-order valence-electron chi connectivity index (χ0n) is 16.8. The van der Waals surface area contributed by atoms with E-state index in [2.05, 4.69) is 4.98 Å². The number of amides is 2. The highest BCUT2D eigenvalue weighted by Crippen LogP contribution is 2.29. The molecule has 3 aromatic rings. The molecule has 6 nitrogen and oxygen atoms in total. The minimum atomic E-state index is -0.549. The van der Waals surface area contributed by atoms with Crippen molar-refractivity contribution in [2.24, 2.45) is 5.73 Å². The molecule has 1 aliphatic heterocycles. The molecule has 2 amide bonds. The van der Waals surface area contributed by atoms with Gasteiger partial charge in [0.1, 0.15) is 0 Å². The van der Waals surface area contributed by atoms with Crippen molar-refractivity contribution < 1.29 is 14.4 Å². The molecule has 0 spiro atoms. The zero-order valence-corrected chi connectivity index (χ0v) is 16.8. The zero-order chi connectivity index (χ0) is 21.8. The molecular formula is C25H21N3O3. The number of benzene rings is 2. The van der Waals surface area contributed by atoms with Crippen LogP contribution in [0.5, 0.6) is 0 Å². The number of carbonyl (C=O) groups excluding carboxylic acids is 3. The van der Waals surface area contributed by atoms with E-state index in [0.29, 0.717) is 22.4 Å². The van der Waals surface area contributed by atoms with Gasteiger partial charge in [0.25, 0.3) is 5.91 Å². The average Bonchev–Trinajstić information content (AvgIpc) is 2.81. The van der Waals surface area contributed by atoms with Crippen molar-refractivity contribution in [1.29, 1.82) is 0 Å². The lowest BCUT2D eigenvalue weighted by Crippen LogP contribution is -2.44. The number of aromatic nitrogens is 1. The number of Topliss-reactive ketones (excluding diaryl/α,β-unsaturated/α-hetero) is 1. The van der Waals surface area contributed by atoms with Gasteiger partial charge in [0, 0.05) is 36.0 Å². The van der Waals surface area contributed by atoms with Gasteiger partial charge >= 0.3 is 0 Å². The van der Waals surface area contributed by atoms with Gasteiger partial charge in [-0.25, -0.2) is 0 Å². The predicted molar refractivity (Wildman–Crippen MR) is 117 cm³/mol. The summed E-state index contributed by atoms with van der Waals surface area (Å²) in [7, 11) is 0. The van der Waals surface area contributed by atoms with Gasteiger partial charge in [0.15, 0.2) is 5.78 Å². The van der Waals surface area contributed by atoms with Crippen LogP contribution in [0.1, 0.15) is 37.9 Å². The first-order valence-electron chi connectivity index (χ1n) is 9.93. The van der Waals surface area contributed by atoms with Crippen LogP contribution >= 0.6 is 0 Å². The Morgan fingerprint density at radius 1 is 0.935 bits per heavy atom. The largest absolute Gasteiger partial charge is 0.366 e. The normalized spacial score (nSPS) is 17.5. The summed E-state index contributed by atoms with van der Waals surface area (Å²) in [6.07, 6.45) is 3.41. The Balaban J connectivity index is 1.68. The summed E-state index contributed by atoms with van der Waals surface area (Å²) in [6.45, 7) is 0.466. The second kappa shape index (κ2) is 8.75. The quantitative estimate of drug-likeness (QED) is 0.668.